The minimum atomic E-state index is -0.195. The van der Waals surface area contributed by atoms with E-state index < -0.39 is 0 Å². The molecule has 0 aliphatic carbocycles. The zero-order valence-electron chi connectivity index (χ0n) is 9.16. The number of rotatable bonds is 5. The molecule has 84 valence electrons. The second-order valence-corrected chi connectivity index (χ2v) is 3.37. The Labute approximate surface area is 88.9 Å². The van der Waals surface area contributed by atoms with Gasteiger partial charge in [-0.3, -0.25) is 9.89 Å². The summed E-state index contributed by atoms with van der Waals surface area (Å²) in [6, 6.07) is 0. The molecule has 1 rings (SSSR count). The fourth-order valence-corrected chi connectivity index (χ4v) is 1.21. The molecule has 6 nitrogen and oxygen atoms in total. The maximum Gasteiger partial charge on any atom is 0.293 e. The zero-order chi connectivity index (χ0) is 11.3. The summed E-state index contributed by atoms with van der Waals surface area (Å²) in [5, 5.41) is 6.61. The molecule has 0 spiro atoms. The van der Waals surface area contributed by atoms with Crippen molar-refractivity contribution in [3.63, 3.8) is 0 Å². The molecule has 1 heterocycles. The number of H-pyrrole nitrogens is 1. The summed E-state index contributed by atoms with van der Waals surface area (Å²) in [5.41, 5.74) is 5.36. The second-order valence-electron chi connectivity index (χ2n) is 3.37. The average Bonchev–Trinajstić information content (AvgIpc) is 2.66. The van der Waals surface area contributed by atoms with E-state index in [0.29, 0.717) is 13.1 Å². The maximum absolute atomic E-state index is 11.7. The number of nitrogens with two attached hydrogens (primary N) is 1. The van der Waals surface area contributed by atoms with Crippen LogP contribution in [0.3, 0.4) is 0 Å². The number of hydrogen-bond acceptors (Lipinski definition) is 4. The average molecular weight is 211 g/mol. The number of likely N-dealkylation sites (N-methyl/N-ethyl adjacent to an activating group) is 1. The molecule has 0 fully saturated rings. The van der Waals surface area contributed by atoms with Crippen molar-refractivity contribution in [3.05, 3.63) is 11.6 Å². The van der Waals surface area contributed by atoms with Gasteiger partial charge in [0.05, 0.1) is 0 Å². The molecule has 15 heavy (non-hydrogen) atoms. The molecule has 0 unspecified atom stereocenters. The molecule has 0 aliphatic heterocycles. The highest BCUT2D eigenvalue weighted by molar-refractivity contribution is 5.90. The highest BCUT2D eigenvalue weighted by atomic mass is 16.2. The van der Waals surface area contributed by atoms with Crippen LogP contribution in [0.5, 0.6) is 0 Å². The Morgan fingerprint density at radius 2 is 2.33 bits per heavy atom. The molecule has 0 radical (unpaired) electrons. The number of amides is 1. The first-order valence-corrected chi connectivity index (χ1v) is 5.05. The van der Waals surface area contributed by atoms with Crippen LogP contribution < -0.4 is 5.73 Å². The lowest BCUT2D eigenvalue weighted by molar-refractivity contribution is 0.0787. The first kappa shape index (κ1) is 11.6. The summed E-state index contributed by atoms with van der Waals surface area (Å²) in [6.07, 6.45) is 1.78. The van der Waals surface area contributed by atoms with Crippen molar-refractivity contribution in [1.82, 2.24) is 20.1 Å². The minimum Gasteiger partial charge on any atom is -0.338 e. The first-order valence-electron chi connectivity index (χ1n) is 5.05. The Kier molecular flexibility index (Phi) is 4.23. The fraction of sp³-hybridized carbons (Fsp3) is 0.667. The van der Waals surface area contributed by atoms with Crippen LogP contribution in [0.4, 0.5) is 0 Å². The predicted molar refractivity (Wildman–Crippen MR) is 56.4 cm³/mol. The van der Waals surface area contributed by atoms with Crippen molar-refractivity contribution >= 4 is 5.91 Å². The number of carbonyl (C=O) groups excluding carboxylic acids is 1. The first-order chi connectivity index (χ1) is 7.19. The Morgan fingerprint density at radius 1 is 1.60 bits per heavy atom. The van der Waals surface area contributed by atoms with E-state index in [4.69, 9.17) is 5.73 Å². The SMILES string of the molecule is CCCc1nc(C(=O)N(C)CCN)n[nH]1. The molecular formula is C9H17N5O. The molecule has 0 aliphatic rings. The molecule has 1 aromatic heterocycles. The number of aromatic nitrogens is 3. The van der Waals surface area contributed by atoms with E-state index in [1.807, 2.05) is 6.92 Å². The van der Waals surface area contributed by atoms with Crippen LogP contribution in [0.15, 0.2) is 0 Å². The van der Waals surface area contributed by atoms with Gasteiger partial charge in [0.25, 0.3) is 5.91 Å². The quantitative estimate of drug-likeness (QED) is 0.705. The van der Waals surface area contributed by atoms with E-state index in [9.17, 15) is 4.79 Å². The van der Waals surface area contributed by atoms with Crippen molar-refractivity contribution in [2.45, 2.75) is 19.8 Å². The third kappa shape index (κ3) is 3.02. The van der Waals surface area contributed by atoms with E-state index in [2.05, 4.69) is 15.2 Å². The van der Waals surface area contributed by atoms with Gasteiger partial charge in [0.15, 0.2) is 0 Å². The Bertz CT molecular complexity index is 322. The molecule has 0 saturated heterocycles. The van der Waals surface area contributed by atoms with Crippen LogP contribution in [0.2, 0.25) is 0 Å². The predicted octanol–water partition coefficient (Wildman–Crippen LogP) is -0.212. The number of nitrogens with one attached hydrogen (secondary N) is 1. The van der Waals surface area contributed by atoms with Crippen molar-refractivity contribution < 1.29 is 4.79 Å². The summed E-state index contributed by atoms with van der Waals surface area (Å²) in [4.78, 5) is 17.3. The van der Waals surface area contributed by atoms with Crippen LogP contribution in [0.25, 0.3) is 0 Å². The summed E-state index contributed by atoms with van der Waals surface area (Å²) in [5.74, 6) is 0.774. The molecule has 3 N–H and O–H groups in total. The minimum absolute atomic E-state index is 0.195. The molecule has 0 aromatic carbocycles. The van der Waals surface area contributed by atoms with Crippen molar-refractivity contribution in [3.8, 4) is 0 Å². The van der Waals surface area contributed by atoms with Crippen LogP contribution >= 0.6 is 0 Å². The summed E-state index contributed by atoms with van der Waals surface area (Å²) in [6.45, 7) is 3.00. The van der Waals surface area contributed by atoms with E-state index in [1.165, 1.54) is 4.90 Å². The number of aryl methyl sites for hydroxylation is 1. The van der Waals surface area contributed by atoms with Crippen LogP contribution in [0, 0.1) is 0 Å². The normalized spacial score (nSPS) is 10.3. The second kappa shape index (κ2) is 5.45. The van der Waals surface area contributed by atoms with Gasteiger partial charge in [0.2, 0.25) is 5.82 Å². The van der Waals surface area contributed by atoms with Gasteiger partial charge >= 0.3 is 0 Å². The monoisotopic (exact) mass is 211 g/mol. The Balaban J connectivity index is 2.65. The van der Waals surface area contributed by atoms with Crippen molar-refractivity contribution in [2.24, 2.45) is 5.73 Å². The molecule has 6 heteroatoms. The van der Waals surface area contributed by atoms with Gasteiger partial charge in [0, 0.05) is 26.6 Å². The highest BCUT2D eigenvalue weighted by Gasteiger charge is 2.15. The summed E-state index contributed by atoms with van der Waals surface area (Å²) in [7, 11) is 1.69. The lowest BCUT2D eigenvalue weighted by atomic mass is 10.3. The summed E-state index contributed by atoms with van der Waals surface area (Å²) < 4.78 is 0. The molecule has 1 amide bonds. The van der Waals surface area contributed by atoms with Crippen LogP contribution in [-0.2, 0) is 6.42 Å². The molecule has 0 bridgehead atoms. The third-order valence-electron chi connectivity index (χ3n) is 2.02. The standard InChI is InChI=1S/C9H17N5O/c1-3-4-7-11-8(13-12-7)9(15)14(2)6-5-10/h3-6,10H2,1-2H3,(H,11,12,13). The van der Waals surface area contributed by atoms with Crippen molar-refractivity contribution in [2.75, 3.05) is 20.1 Å². The fourth-order valence-electron chi connectivity index (χ4n) is 1.21. The van der Waals surface area contributed by atoms with Crippen molar-refractivity contribution in [1.29, 1.82) is 0 Å². The van der Waals surface area contributed by atoms with Gasteiger partial charge in [-0.05, 0) is 6.42 Å². The number of hydrogen-bond donors (Lipinski definition) is 2. The maximum atomic E-state index is 11.7. The summed E-state index contributed by atoms with van der Waals surface area (Å²) >= 11 is 0. The highest BCUT2D eigenvalue weighted by Crippen LogP contribution is 1.99. The molecule has 0 saturated carbocycles. The van der Waals surface area contributed by atoms with E-state index in [-0.39, 0.29) is 11.7 Å². The third-order valence-corrected chi connectivity index (χ3v) is 2.02. The zero-order valence-corrected chi connectivity index (χ0v) is 9.16. The smallest absolute Gasteiger partial charge is 0.293 e. The van der Waals surface area contributed by atoms with E-state index in [1.54, 1.807) is 7.05 Å². The lowest BCUT2D eigenvalue weighted by Gasteiger charge is -2.12. The Morgan fingerprint density at radius 3 is 2.93 bits per heavy atom. The molecule has 0 atom stereocenters. The molecular weight excluding hydrogens is 194 g/mol. The van der Waals surface area contributed by atoms with Gasteiger partial charge < -0.3 is 10.6 Å². The van der Waals surface area contributed by atoms with Gasteiger partial charge in [0.1, 0.15) is 5.82 Å². The van der Waals surface area contributed by atoms with Gasteiger partial charge in [-0.2, -0.15) is 0 Å². The van der Waals surface area contributed by atoms with E-state index in [0.717, 1.165) is 18.7 Å². The topological polar surface area (TPSA) is 87.9 Å². The van der Waals surface area contributed by atoms with Crippen LogP contribution in [-0.4, -0.2) is 46.1 Å². The van der Waals surface area contributed by atoms with Crippen LogP contribution in [0.1, 0.15) is 29.8 Å². The number of carbonyl (C=O) groups is 1. The molecule has 1 aromatic rings. The number of aromatic amines is 1. The van der Waals surface area contributed by atoms with Gasteiger partial charge in [-0.25, -0.2) is 4.98 Å². The largest absolute Gasteiger partial charge is 0.338 e. The lowest BCUT2D eigenvalue weighted by Crippen LogP contribution is -2.32. The van der Waals surface area contributed by atoms with Gasteiger partial charge in [-0.1, -0.05) is 6.92 Å². The van der Waals surface area contributed by atoms with E-state index >= 15 is 0 Å². The number of nitrogens with zero attached hydrogens (tertiary/aromatic N) is 3. The Hall–Kier alpha value is -1.43. The van der Waals surface area contributed by atoms with Gasteiger partial charge in [-0.15, -0.1) is 5.10 Å².